The Labute approximate surface area is 116 Å². The van der Waals surface area contributed by atoms with Crippen molar-refractivity contribution >= 4 is 0 Å². The van der Waals surface area contributed by atoms with E-state index in [9.17, 15) is 10.2 Å². The molecule has 5 nitrogen and oxygen atoms in total. The standard InChI is InChI=1S/C14H29NO4/c1-18-7-8-19-10-13(17)9-15-11-14(12-16)5-3-2-4-6-14/h13,15-17H,2-12H2,1H3. The summed E-state index contributed by atoms with van der Waals surface area (Å²) in [7, 11) is 1.62. The molecule has 0 aromatic carbocycles. The van der Waals surface area contributed by atoms with Crippen LogP contribution in [0.1, 0.15) is 32.1 Å². The fourth-order valence-corrected chi connectivity index (χ4v) is 2.62. The number of hydrogen-bond acceptors (Lipinski definition) is 5. The predicted molar refractivity (Wildman–Crippen MR) is 74.2 cm³/mol. The van der Waals surface area contributed by atoms with Gasteiger partial charge in [-0.3, -0.25) is 0 Å². The van der Waals surface area contributed by atoms with Crippen LogP contribution in [-0.2, 0) is 9.47 Å². The van der Waals surface area contributed by atoms with E-state index in [2.05, 4.69) is 5.32 Å². The van der Waals surface area contributed by atoms with Crippen molar-refractivity contribution in [2.45, 2.75) is 38.2 Å². The lowest BCUT2D eigenvalue weighted by molar-refractivity contribution is 0.0108. The van der Waals surface area contributed by atoms with Gasteiger partial charge in [0.15, 0.2) is 0 Å². The Balaban J connectivity index is 2.10. The Morgan fingerprint density at radius 2 is 1.95 bits per heavy atom. The average molecular weight is 275 g/mol. The highest BCUT2D eigenvalue weighted by molar-refractivity contribution is 4.84. The summed E-state index contributed by atoms with van der Waals surface area (Å²) in [6.45, 7) is 2.90. The fourth-order valence-electron chi connectivity index (χ4n) is 2.62. The first-order chi connectivity index (χ1) is 9.22. The lowest BCUT2D eigenvalue weighted by Crippen LogP contribution is -2.42. The Morgan fingerprint density at radius 3 is 2.58 bits per heavy atom. The first-order valence-electron chi connectivity index (χ1n) is 7.29. The smallest absolute Gasteiger partial charge is 0.0897 e. The van der Waals surface area contributed by atoms with E-state index in [1.54, 1.807) is 7.11 Å². The van der Waals surface area contributed by atoms with E-state index in [-0.39, 0.29) is 12.0 Å². The van der Waals surface area contributed by atoms with Crippen molar-refractivity contribution in [3.05, 3.63) is 0 Å². The van der Waals surface area contributed by atoms with Crippen LogP contribution in [0.2, 0.25) is 0 Å². The van der Waals surface area contributed by atoms with Crippen molar-refractivity contribution in [2.24, 2.45) is 5.41 Å². The molecule has 0 radical (unpaired) electrons. The molecule has 1 atom stereocenters. The van der Waals surface area contributed by atoms with Crippen LogP contribution >= 0.6 is 0 Å². The third kappa shape index (κ3) is 6.68. The molecule has 1 saturated carbocycles. The highest BCUT2D eigenvalue weighted by Crippen LogP contribution is 2.35. The number of ether oxygens (including phenoxy) is 2. The molecule has 1 fully saturated rings. The van der Waals surface area contributed by atoms with E-state index in [0.29, 0.717) is 26.4 Å². The molecule has 19 heavy (non-hydrogen) atoms. The second-order valence-electron chi connectivity index (χ2n) is 5.57. The molecule has 0 heterocycles. The maximum absolute atomic E-state index is 9.74. The van der Waals surface area contributed by atoms with Crippen LogP contribution in [0.4, 0.5) is 0 Å². The van der Waals surface area contributed by atoms with Crippen molar-refractivity contribution in [3.63, 3.8) is 0 Å². The number of methoxy groups -OCH3 is 1. The zero-order chi connectivity index (χ0) is 14.0. The van der Waals surface area contributed by atoms with Gasteiger partial charge < -0.3 is 25.0 Å². The zero-order valence-corrected chi connectivity index (χ0v) is 12.1. The molecule has 1 unspecified atom stereocenters. The minimum atomic E-state index is -0.504. The second-order valence-corrected chi connectivity index (χ2v) is 5.57. The van der Waals surface area contributed by atoms with E-state index >= 15 is 0 Å². The molecule has 0 bridgehead atoms. The zero-order valence-electron chi connectivity index (χ0n) is 12.1. The Bertz CT molecular complexity index is 219. The summed E-state index contributed by atoms with van der Waals surface area (Å²) in [5.74, 6) is 0. The molecule has 5 heteroatoms. The number of rotatable bonds is 10. The van der Waals surface area contributed by atoms with Gasteiger partial charge in [0, 0.05) is 32.2 Å². The molecule has 0 spiro atoms. The molecule has 0 aliphatic heterocycles. The molecule has 1 rings (SSSR count). The van der Waals surface area contributed by atoms with E-state index in [4.69, 9.17) is 9.47 Å². The molecule has 114 valence electrons. The quantitative estimate of drug-likeness (QED) is 0.508. The van der Waals surface area contributed by atoms with Gasteiger partial charge in [-0.15, -0.1) is 0 Å². The Hall–Kier alpha value is -0.200. The Kier molecular flexibility index (Phi) is 8.57. The molecular weight excluding hydrogens is 246 g/mol. The van der Waals surface area contributed by atoms with Gasteiger partial charge in [-0.1, -0.05) is 19.3 Å². The van der Waals surface area contributed by atoms with Gasteiger partial charge in [0.1, 0.15) is 0 Å². The van der Waals surface area contributed by atoms with Crippen LogP contribution in [0.5, 0.6) is 0 Å². The first kappa shape index (κ1) is 16.9. The van der Waals surface area contributed by atoms with Crippen molar-refractivity contribution in [2.75, 3.05) is 46.6 Å². The van der Waals surface area contributed by atoms with Crippen LogP contribution < -0.4 is 5.32 Å². The third-order valence-electron chi connectivity index (χ3n) is 3.87. The molecule has 1 aliphatic carbocycles. The van der Waals surface area contributed by atoms with Gasteiger partial charge in [-0.2, -0.15) is 0 Å². The van der Waals surface area contributed by atoms with Crippen molar-refractivity contribution < 1.29 is 19.7 Å². The maximum Gasteiger partial charge on any atom is 0.0897 e. The summed E-state index contributed by atoms with van der Waals surface area (Å²) in [4.78, 5) is 0. The van der Waals surface area contributed by atoms with Crippen LogP contribution in [-0.4, -0.2) is 62.9 Å². The largest absolute Gasteiger partial charge is 0.396 e. The number of aliphatic hydroxyl groups is 2. The number of hydrogen-bond donors (Lipinski definition) is 3. The van der Waals surface area contributed by atoms with Gasteiger partial charge in [-0.05, 0) is 12.8 Å². The van der Waals surface area contributed by atoms with E-state index in [0.717, 1.165) is 19.4 Å². The molecule has 0 aromatic rings. The lowest BCUT2D eigenvalue weighted by atomic mass is 9.74. The van der Waals surface area contributed by atoms with Crippen LogP contribution in [0.25, 0.3) is 0 Å². The second kappa shape index (κ2) is 9.66. The van der Waals surface area contributed by atoms with Gasteiger partial charge >= 0.3 is 0 Å². The summed E-state index contributed by atoms with van der Waals surface area (Å²) in [6, 6.07) is 0. The first-order valence-corrected chi connectivity index (χ1v) is 7.29. The summed E-state index contributed by atoms with van der Waals surface area (Å²) in [5.41, 5.74) is 0.0227. The van der Waals surface area contributed by atoms with Crippen LogP contribution in [0, 0.1) is 5.41 Å². The molecule has 0 amide bonds. The highest BCUT2D eigenvalue weighted by Gasteiger charge is 2.30. The van der Waals surface area contributed by atoms with Crippen molar-refractivity contribution in [3.8, 4) is 0 Å². The summed E-state index contributed by atoms with van der Waals surface area (Å²) < 4.78 is 10.1. The molecule has 0 aromatic heterocycles. The Morgan fingerprint density at radius 1 is 1.21 bits per heavy atom. The van der Waals surface area contributed by atoms with Crippen molar-refractivity contribution in [1.82, 2.24) is 5.32 Å². The number of nitrogens with one attached hydrogen (secondary N) is 1. The summed E-state index contributed by atoms with van der Waals surface area (Å²) >= 11 is 0. The van der Waals surface area contributed by atoms with Gasteiger partial charge in [0.25, 0.3) is 0 Å². The maximum atomic E-state index is 9.74. The predicted octanol–water partition coefficient (Wildman–Crippen LogP) is 0.543. The fraction of sp³-hybridized carbons (Fsp3) is 1.00. The van der Waals surface area contributed by atoms with E-state index in [1.165, 1.54) is 19.3 Å². The summed E-state index contributed by atoms with van der Waals surface area (Å²) in [5, 5.41) is 22.6. The highest BCUT2D eigenvalue weighted by atomic mass is 16.5. The summed E-state index contributed by atoms with van der Waals surface area (Å²) in [6.07, 6.45) is 5.33. The van der Waals surface area contributed by atoms with E-state index in [1.807, 2.05) is 0 Å². The number of aliphatic hydroxyl groups excluding tert-OH is 2. The average Bonchev–Trinajstić information content (AvgIpc) is 2.45. The van der Waals surface area contributed by atoms with Crippen LogP contribution in [0.3, 0.4) is 0 Å². The molecular formula is C14H29NO4. The topological polar surface area (TPSA) is 71.0 Å². The lowest BCUT2D eigenvalue weighted by Gasteiger charge is -2.36. The van der Waals surface area contributed by atoms with Crippen molar-refractivity contribution in [1.29, 1.82) is 0 Å². The molecule has 0 saturated heterocycles. The van der Waals surface area contributed by atoms with Crippen LogP contribution in [0.15, 0.2) is 0 Å². The minimum Gasteiger partial charge on any atom is -0.396 e. The third-order valence-corrected chi connectivity index (χ3v) is 3.87. The van der Waals surface area contributed by atoms with E-state index < -0.39 is 6.10 Å². The minimum absolute atomic E-state index is 0.0227. The SMILES string of the molecule is COCCOCC(O)CNCC1(CO)CCCCC1. The molecule has 1 aliphatic rings. The molecule has 3 N–H and O–H groups in total. The van der Waals surface area contributed by atoms with Gasteiger partial charge in [-0.25, -0.2) is 0 Å². The monoisotopic (exact) mass is 275 g/mol. The van der Waals surface area contributed by atoms with Gasteiger partial charge in [0.2, 0.25) is 0 Å². The van der Waals surface area contributed by atoms with Gasteiger partial charge in [0.05, 0.1) is 25.9 Å². The normalized spacial score (nSPS) is 20.4.